The molecule has 6 nitrogen and oxygen atoms in total. The van der Waals surface area contributed by atoms with Crippen molar-refractivity contribution in [3.63, 3.8) is 0 Å². The van der Waals surface area contributed by atoms with E-state index in [-0.39, 0.29) is 5.92 Å². The fraction of sp³-hybridized carbons (Fsp3) is 0.350. The van der Waals surface area contributed by atoms with Gasteiger partial charge in [0.05, 0.1) is 6.26 Å². The van der Waals surface area contributed by atoms with Crippen LogP contribution in [0.4, 0.5) is 0 Å². The molecule has 0 aliphatic carbocycles. The van der Waals surface area contributed by atoms with Crippen LogP contribution in [0.15, 0.2) is 65.7 Å². The summed E-state index contributed by atoms with van der Waals surface area (Å²) in [4.78, 5) is 4.25. The first kappa shape index (κ1) is 20.9. The first-order chi connectivity index (χ1) is 13.0. The van der Waals surface area contributed by atoms with E-state index in [1.165, 1.54) is 11.1 Å². The lowest BCUT2D eigenvalue weighted by atomic mass is 9.91. The Balaban J connectivity index is 1.91. The Hall–Kier alpha value is -2.38. The summed E-state index contributed by atoms with van der Waals surface area (Å²) in [6, 6.07) is 20.8. The van der Waals surface area contributed by atoms with Crippen molar-refractivity contribution in [1.82, 2.24) is 15.4 Å². The third-order valence-corrected chi connectivity index (χ3v) is 4.84. The number of rotatable bonds is 9. The van der Waals surface area contributed by atoms with Crippen LogP contribution in [0.1, 0.15) is 23.5 Å². The second kappa shape index (κ2) is 10.7. The SMILES string of the molecule is CN=C(NCCCNS(C)(=O)=O)NCC(c1ccccc1)c1ccccc1. The molecule has 0 spiro atoms. The number of hydrogen-bond acceptors (Lipinski definition) is 3. The molecule has 27 heavy (non-hydrogen) atoms. The molecule has 2 rings (SSSR count). The first-order valence-corrected chi connectivity index (χ1v) is 10.9. The third kappa shape index (κ3) is 7.80. The van der Waals surface area contributed by atoms with Crippen molar-refractivity contribution in [2.45, 2.75) is 12.3 Å². The molecular weight excluding hydrogens is 360 g/mol. The van der Waals surface area contributed by atoms with Crippen molar-refractivity contribution in [2.24, 2.45) is 4.99 Å². The molecule has 0 saturated carbocycles. The van der Waals surface area contributed by atoms with Gasteiger partial charge in [-0.2, -0.15) is 0 Å². The molecule has 3 N–H and O–H groups in total. The number of hydrogen-bond donors (Lipinski definition) is 3. The zero-order valence-corrected chi connectivity index (χ0v) is 16.7. The van der Waals surface area contributed by atoms with Crippen molar-refractivity contribution in [1.29, 1.82) is 0 Å². The molecule has 0 bridgehead atoms. The molecule has 2 aromatic rings. The Kier molecular flexibility index (Phi) is 8.29. The average Bonchev–Trinajstić information content (AvgIpc) is 2.67. The molecule has 2 aromatic carbocycles. The molecule has 0 heterocycles. The fourth-order valence-electron chi connectivity index (χ4n) is 2.77. The minimum Gasteiger partial charge on any atom is -0.356 e. The predicted molar refractivity (Wildman–Crippen MR) is 112 cm³/mol. The van der Waals surface area contributed by atoms with Crippen LogP contribution in [0, 0.1) is 0 Å². The maximum atomic E-state index is 11.1. The van der Waals surface area contributed by atoms with Crippen molar-refractivity contribution in [3.8, 4) is 0 Å². The lowest BCUT2D eigenvalue weighted by Gasteiger charge is -2.20. The van der Waals surface area contributed by atoms with E-state index in [2.05, 4.69) is 44.6 Å². The van der Waals surface area contributed by atoms with E-state index in [0.717, 1.165) is 6.26 Å². The van der Waals surface area contributed by atoms with Gasteiger partial charge in [0.15, 0.2) is 5.96 Å². The van der Waals surface area contributed by atoms with Crippen LogP contribution < -0.4 is 15.4 Å². The van der Waals surface area contributed by atoms with E-state index >= 15 is 0 Å². The van der Waals surface area contributed by atoms with E-state index in [0.29, 0.717) is 32.0 Å². The monoisotopic (exact) mass is 388 g/mol. The van der Waals surface area contributed by atoms with Gasteiger partial charge in [0.2, 0.25) is 10.0 Å². The zero-order valence-electron chi connectivity index (χ0n) is 15.9. The van der Waals surface area contributed by atoms with Crippen LogP contribution in [-0.4, -0.2) is 47.3 Å². The summed E-state index contributed by atoms with van der Waals surface area (Å²) in [6.45, 7) is 1.73. The van der Waals surface area contributed by atoms with E-state index in [1.54, 1.807) is 7.05 Å². The van der Waals surface area contributed by atoms with Crippen LogP contribution in [0.2, 0.25) is 0 Å². The Labute approximate surface area is 162 Å². The van der Waals surface area contributed by atoms with Crippen LogP contribution in [-0.2, 0) is 10.0 Å². The summed E-state index contributed by atoms with van der Waals surface area (Å²) >= 11 is 0. The van der Waals surface area contributed by atoms with Gasteiger partial charge in [0.1, 0.15) is 0 Å². The van der Waals surface area contributed by atoms with Gasteiger partial charge in [-0.3, -0.25) is 4.99 Å². The zero-order chi connectivity index (χ0) is 19.5. The van der Waals surface area contributed by atoms with Crippen LogP contribution in [0.3, 0.4) is 0 Å². The normalized spacial score (nSPS) is 12.2. The second-order valence-corrected chi connectivity index (χ2v) is 8.11. The van der Waals surface area contributed by atoms with Gasteiger partial charge in [-0.25, -0.2) is 13.1 Å². The molecule has 0 saturated heterocycles. The molecule has 0 fully saturated rings. The highest BCUT2D eigenvalue weighted by molar-refractivity contribution is 7.88. The maximum Gasteiger partial charge on any atom is 0.208 e. The Morgan fingerprint density at radius 3 is 1.96 bits per heavy atom. The number of guanidine groups is 1. The Bertz CT molecular complexity index is 769. The quantitative estimate of drug-likeness (QED) is 0.348. The standard InChI is InChI=1S/C20H28N4O2S/c1-21-20(22-14-9-15-24-27(2,25)26)23-16-19(17-10-5-3-6-11-17)18-12-7-4-8-13-18/h3-8,10-13,19,24H,9,14-16H2,1-2H3,(H2,21,22,23). The number of nitrogens with zero attached hydrogens (tertiary/aromatic N) is 1. The minimum absolute atomic E-state index is 0.206. The molecule has 0 atom stereocenters. The van der Waals surface area contributed by atoms with Gasteiger partial charge in [-0.05, 0) is 17.5 Å². The lowest BCUT2D eigenvalue weighted by molar-refractivity contribution is 0.584. The average molecular weight is 389 g/mol. The molecule has 7 heteroatoms. The molecule has 0 amide bonds. The minimum atomic E-state index is -3.14. The van der Waals surface area contributed by atoms with Gasteiger partial charge in [-0.15, -0.1) is 0 Å². The van der Waals surface area contributed by atoms with E-state index < -0.39 is 10.0 Å². The summed E-state index contributed by atoms with van der Waals surface area (Å²) in [5.74, 6) is 0.907. The largest absolute Gasteiger partial charge is 0.356 e. The van der Waals surface area contributed by atoms with Gasteiger partial charge in [0, 0.05) is 32.6 Å². The summed E-state index contributed by atoms with van der Waals surface area (Å²) in [7, 11) is -1.41. The molecule has 0 unspecified atom stereocenters. The molecule has 146 valence electrons. The Morgan fingerprint density at radius 2 is 1.48 bits per heavy atom. The lowest BCUT2D eigenvalue weighted by Crippen LogP contribution is -2.40. The highest BCUT2D eigenvalue weighted by atomic mass is 32.2. The molecule has 0 aliphatic rings. The van der Waals surface area contributed by atoms with E-state index in [1.807, 2.05) is 36.4 Å². The van der Waals surface area contributed by atoms with Crippen molar-refractivity contribution in [3.05, 3.63) is 71.8 Å². The third-order valence-electron chi connectivity index (χ3n) is 4.11. The number of nitrogens with one attached hydrogen (secondary N) is 3. The van der Waals surface area contributed by atoms with Crippen molar-refractivity contribution >= 4 is 16.0 Å². The smallest absolute Gasteiger partial charge is 0.208 e. The molecule has 0 aliphatic heterocycles. The summed E-state index contributed by atoms with van der Waals surface area (Å²) in [6.07, 6.45) is 1.84. The topological polar surface area (TPSA) is 82.6 Å². The number of aliphatic imine (C=N–C) groups is 1. The van der Waals surface area contributed by atoms with Crippen molar-refractivity contribution in [2.75, 3.05) is 32.9 Å². The van der Waals surface area contributed by atoms with Crippen LogP contribution >= 0.6 is 0 Å². The predicted octanol–water partition coefficient (Wildman–Crippen LogP) is 1.92. The first-order valence-electron chi connectivity index (χ1n) is 8.98. The van der Waals surface area contributed by atoms with Crippen molar-refractivity contribution < 1.29 is 8.42 Å². The second-order valence-electron chi connectivity index (χ2n) is 6.27. The van der Waals surface area contributed by atoms with Gasteiger partial charge in [0.25, 0.3) is 0 Å². The summed E-state index contributed by atoms with van der Waals surface area (Å²) in [5, 5.41) is 6.59. The van der Waals surface area contributed by atoms with Gasteiger partial charge in [-0.1, -0.05) is 60.7 Å². The highest BCUT2D eigenvalue weighted by Gasteiger charge is 2.14. The highest BCUT2D eigenvalue weighted by Crippen LogP contribution is 2.23. The number of sulfonamides is 1. The van der Waals surface area contributed by atoms with E-state index in [4.69, 9.17) is 0 Å². The Morgan fingerprint density at radius 1 is 0.926 bits per heavy atom. The fourth-order valence-corrected chi connectivity index (χ4v) is 3.29. The van der Waals surface area contributed by atoms with Crippen LogP contribution in [0.25, 0.3) is 0 Å². The molecule has 0 aromatic heterocycles. The van der Waals surface area contributed by atoms with Crippen LogP contribution in [0.5, 0.6) is 0 Å². The maximum absolute atomic E-state index is 11.1. The van der Waals surface area contributed by atoms with E-state index in [9.17, 15) is 8.42 Å². The molecule has 0 radical (unpaired) electrons. The number of benzene rings is 2. The van der Waals surface area contributed by atoms with Gasteiger partial charge >= 0.3 is 0 Å². The van der Waals surface area contributed by atoms with Gasteiger partial charge < -0.3 is 10.6 Å². The summed E-state index contributed by atoms with van der Waals surface area (Å²) < 4.78 is 24.6. The molecular formula is C20H28N4O2S. The summed E-state index contributed by atoms with van der Waals surface area (Å²) in [5.41, 5.74) is 2.48.